The monoisotopic (exact) mass is 531 g/mol. The van der Waals surface area contributed by atoms with Crippen LogP contribution >= 0.6 is 11.8 Å². The van der Waals surface area contributed by atoms with Crippen molar-refractivity contribution >= 4 is 23.6 Å². The Balaban J connectivity index is 1.74. The molecule has 0 spiro atoms. The Morgan fingerprint density at radius 3 is 2.05 bits per heavy atom. The molecule has 3 aliphatic rings. The van der Waals surface area contributed by atoms with E-state index in [4.69, 9.17) is 0 Å². The van der Waals surface area contributed by atoms with Crippen LogP contribution in [0.1, 0.15) is 125 Å². The molecule has 2 N–H and O–H groups in total. The van der Waals surface area contributed by atoms with Crippen LogP contribution in [0.3, 0.4) is 0 Å². The molecular formula is C32H53NO3S. The molecule has 0 aromatic rings. The van der Waals surface area contributed by atoms with Gasteiger partial charge in [-0.3, -0.25) is 4.79 Å². The average molecular weight is 532 g/mol. The first-order chi connectivity index (χ1) is 17.6. The van der Waals surface area contributed by atoms with Gasteiger partial charge in [-0.1, -0.05) is 61.1 Å². The lowest BCUT2D eigenvalue weighted by atomic mass is 9.52. The van der Waals surface area contributed by atoms with Gasteiger partial charge in [0.25, 0.3) is 0 Å². The van der Waals surface area contributed by atoms with Gasteiger partial charge in [-0.05, 0) is 104 Å². The second-order valence-corrected chi connectivity index (χ2v) is 13.2. The number of allylic oxidation sites excluding steroid dienone is 5. The standard InChI is InChI=1S/C32H53NO3S/c1-6-7-8-16-31-17-20-32(21-18-31,22-19-31)30(36)33-28(29(34)35)24-37-23-15-27(5)14-10-13-26(4)12-9-11-25(2)3/h11,13,15,28H,6-10,12,14,16-24H2,1-5H3,(H,33,36)(H,34,35)/b26-13+,27-15+/t28-,31?,32?/m0/s1. The Morgan fingerprint density at radius 1 is 0.892 bits per heavy atom. The number of carbonyl (C=O) groups is 2. The molecule has 37 heavy (non-hydrogen) atoms. The molecule has 3 aliphatic carbocycles. The fourth-order valence-electron chi connectivity index (χ4n) is 5.94. The van der Waals surface area contributed by atoms with Crippen molar-refractivity contribution < 1.29 is 14.7 Å². The molecule has 0 aromatic heterocycles. The number of rotatable bonds is 17. The van der Waals surface area contributed by atoms with Gasteiger partial charge in [0.15, 0.2) is 0 Å². The third-order valence-electron chi connectivity index (χ3n) is 8.75. The lowest BCUT2D eigenvalue weighted by molar-refractivity contribution is -0.147. The zero-order chi connectivity index (χ0) is 27.3. The van der Waals surface area contributed by atoms with E-state index in [1.807, 2.05) is 0 Å². The molecule has 0 heterocycles. The van der Waals surface area contributed by atoms with Crippen molar-refractivity contribution in [2.75, 3.05) is 11.5 Å². The molecule has 5 heteroatoms. The summed E-state index contributed by atoms with van der Waals surface area (Å²) in [5, 5.41) is 12.7. The van der Waals surface area contributed by atoms with E-state index in [0.29, 0.717) is 11.2 Å². The number of hydrogen-bond donors (Lipinski definition) is 2. The van der Waals surface area contributed by atoms with Gasteiger partial charge in [0.1, 0.15) is 6.04 Å². The lowest BCUT2D eigenvalue weighted by Crippen LogP contribution is -2.54. The van der Waals surface area contributed by atoms with Gasteiger partial charge in [-0.2, -0.15) is 11.8 Å². The highest BCUT2D eigenvalue weighted by atomic mass is 32.2. The van der Waals surface area contributed by atoms with Crippen LogP contribution < -0.4 is 5.32 Å². The molecule has 4 nitrogen and oxygen atoms in total. The highest BCUT2D eigenvalue weighted by Gasteiger charge is 2.52. The van der Waals surface area contributed by atoms with Gasteiger partial charge in [0.05, 0.1) is 0 Å². The molecule has 210 valence electrons. The molecule has 0 saturated heterocycles. The summed E-state index contributed by atoms with van der Waals surface area (Å²) >= 11 is 1.59. The Morgan fingerprint density at radius 2 is 1.49 bits per heavy atom. The molecule has 0 aromatic carbocycles. The van der Waals surface area contributed by atoms with Crippen LogP contribution in [0.15, 0.2) is 34.9 Å². The maximum Gasteiger partial charge on any atom is 0.327 e. The summed E-state index contributed by atoms with van der Waals surface area (Å²) in [5.41, 5.74) is 4.27. The van der Waals surface area contributed by atoms with E-state index < -0.39 is 12.0 Å². The van der Waals surface area contributed by atoms with Gasteiger partial charge in [0, 0.05) is 16.9 Å². The fraction of sp³-hybridized carbons (Fsp3) is 0.750. The van der Waals surface area contributed by atoms with Gasteiger partial charge >= 0.3 is 5.97 Å². The van der Waals surface area contributed by atoms with Crippen molar-refractivity contribution in [3.8, 4) is 0 Å². The molecule has 3 fully saturated rings. The number of carbonyl (C=O) groups excluding carboxylic acids is 1. The predicted molar refractivity (Wildman–Crippen MR) is 159 cm³/mol. The van der Waals surface area contributed by atoms with E-state index in [2.05, 4.69) is 58.2 Å². The van der Waals surface area contributed by atoms with Gasteiger partial charge < -0.3 is 10.4 Å². The van der Waals surface area contributed by atoms with Crippen molar-refractivity contribution in [2.24, 2.45) is 10.8 Å². The first-order valence-corrected chi connectivity index (χ1v) is 15.8. The Hall–Kier alpha value is -1.49. The molecule has 0 radical (unpaired) electrons. The van der Waals surface area contributed by atoms with Crippen LogP contribution in [0.4, 0.5) is 0 Å². The molecule has 0 aliphatic heterocycles. The predicted octanol–water partition coefficient (Wildman–Crippen LogP) is 8.63. The Kier molecular flexibility index (Phi) is 13.6. The van der Waals surface area contributed by atoms with E-state index >= 15 is 0 Å². The summed E-state index contributed by atoms with van der Waals surface area (Å²) in [6, 6.07) is -0.815. The summed E-state index contributed by atoms with van der Waals surface area (Å²) in [5.74, 6) is 0.249. The summed E-state index contributed by atoms with van der Waals surface area (Å²) in [7, 11) is 0. The number of aliphatic carboxylic acids is 1. The zero-order valence-electron chi connectivity index (χ0n) is 24.3. The molecule has 1 amide bonds. The third-order valence-corrected chi connectivity index (χ3v) is 9.73. The molecule has 3 rings (SSSR count). The Bertz CT molecular complexity index is 812. The number of nitrogens with one attached hydrogen (secondary N) is 1. The van der Waals surface area contributed by atoms with Crippen LogP contribution in [0.5, 0.6) is 0 Å². The number of thioether (sulfide) groups is 1. The van der Waals surface area contributed by atoms with Crippen molar-refractivity contribution in [2.45, 2.75) is 131 Å². The number of carboxylic acid groups (broad SMARTS) is 1. The normalized spacial score (nSPS) is 24.6. The number of unbranched alkanes of at least 4 members (excludes halogenated alkanes) is 2. The van der Waals surface area contributed by atoms with E-state index in [9.17, 15) is 14.7 Å². The van der Waals surface area contributed by atoms with E-state index in [-0.39, 0.29) is 11.3 Å². The maximum absolute atomic E-state index is 13.3. The number of fused-ring (bicyclic) bond motifs is 3. The van der Waals surface area contributed by atoms with Gasteiger partial charge in [-0.25, -0.2) is 4.79 Å². The summed E-state index contributed by atoms with van der Waals surface area (Å²) in [4.78, 5) is 25.2. The van der Waals surface area contributed by atoms with Crippen molar-refractivity contribution in [1.29, 1.82) is 0 Å². The highest BCUT2D eigenvalue weighted by Crippen LogP contribution is 2.58. The van der Waals surface area contributed by atoms with Crippen molar-refractivity contribution in [1.82, 2.24) is 5.32 Å². The highest BCUT2D eigenvalue weighted by molar-refractivity contribution is 7.99. The lowest BCUT2D eigenvalue weighted by Gasteiger charge is -2.53. The first kappa shape index (κ1) is 31.7. The molecule has 0 unspecified atom stereocenters. The SMILES string of the molecule is CCCCCC12CCC(C(=O)N[C@@H](CSC/C=C(\C)CC/C=C(\C)CCC=C(C)C)C(=O)O)(CC1)CC2. The molecule has 3 saturated carbocycles. The molecular weight excluding hydrogens is 478 g/mol. The molecule has 1 atom stereocenters. The van der Waals surface area contributed by atoms with Crippen LogP contribution in [-0.4, -0.2) is 34.5 Å². The minimum absolute atomic E-state index is 0.0131. The van der Waals surface area contributed by atoms with Gasteiger partial charge in [-0.15, -0.1) is 0 Å². The topological polar surface area (TPSA) is 66.4 Å². The summed E-state index contributed by atoms with van der Waals surface area (Å²) in [6.45, 7) is 10.9. The largest absolute Gasteiger partial charge is 0.480 e. The number of amides is 1. The van der Waals surface area contributed by atoms with Crippen LogP contribution in [-0.2, 0) is 9.59 Å². The minimum atomic E-state index is -0.924. The van der Waals surface area contributed by atoms with E-state index in [1.165, 1.54) is 42.4 Å². The second-order valence-electron chi connectivity index (χ2n) is 12.1. The maximum atomic E-state index is 13.3. The van der Waals surface area contributed by atoms with Crippen LogP contribution in [0, 0.1) is 10.8 Å². The van der Waals surface area contributed by atoms with Gasteiger partial charge in [0.2, 0.25) is 5.91 Å². The second kappa shape index (κ2) is 15.8. The fourth-order valence-corrected chi connectivity index (χ4v) is 6.94. The summed E-state index contributed by atoms with van der Waals surface area (Å²) in [6.07, 6.45) is 22.4. The van der Waals surface area contributed by atoms with Crippen LogP contribution in [0.2, 0.25) is 0 Å². The van der Waals surface area contributed by atoms with E-state index in [1.54, 1.807) is 11.8 Å². The average Bonchev–Trinajstić information content (AvgIpc) is 2.86. The number of hydrogen-bond acceptors (Lipinski definition) is 3. The van der Waals surface area contributed by atoms with E-state index in [0.717, 1.165) is 70.0 Å². The zero-order valence-corrected chi connectivity index (χ0v) is 25.1. The smallest absolute Gasteiger partial charge is 0.327 e. The molecule has 2 bridgehead atoms. The van der Waals surface area contributed by atoms with Crippen molar-refractivity contribution in [3.63, 3.8) is 0 Å². The quantitative estimate of drug-likeness (QED) is 0.146. The summed E-state index contributed by atoms with van der Waals surface area (Å²) < 4.78 is 0. The van der Waals surface area contributed by atoms with Crippen LogP contribution in [0.25, 0.3) is 0 Å². The Labute approximate surface area is 231 Å². The number of carboxylic acids is 1. The minimum Gasteiger partial charge on any atom is -0.480 e. The third kappa shape index (κ3) is 10.7. The first-order valence-electron chi connectivity index (χ1n) is 14.7. The van der Waals surface area contributed by atoms with Crippen molar-refractivity contribution in [3.05, 3.63) is 34.9 Å².